The molecular formula is C10H14O2. The van der Waals surface area contributed by atoms with Crippen LogP contribution in [0.15, 0.2) is 24.2 Å². The number of carbonyl (C=O) groups is 1. The molecule has 0 N–H and O–H groups in total. The van der Waals surface area contributed by atoms with Crippen molar-refractivity contribution in [1.29, 1.82) is 0 Å². The summed E-state index contributed by atoms with van der Waals surface area (Å²) in [6.07, 6.45) is 3.83. The lowest BCUT2D eigenvalue weighted by Crippen LogP contribution is -1.93. The maximum absolute atomic E-state index is 10.8. The molecule has 1 saturated carbocycles. The summed E-state index contributed by atoms with van der Waals surface area (Å²) in [6.45, 7) is 7.03. The molecule has 66 valence electrons. The Hall–Kier alpha value is -1.05. The Bertz CT molecular complexity index is 234. The van der Waals surface area contributed by atoms with Crippen molar-refractivity contribution < 1.29 is 9.53 Å². The van der Waals surface area contributed by atoms with E-state index in [4.69, 9.17) is 4.74 Å². The highest BCUT2D eigenvalue weighted by molar-refractivity contribution is 5.92. The molecule has 1 aliphatic rings. The average molecular weight is 166 g/mol. The van der Waals surface area contributed by atoms with Crippen LogP contribution in [-0.4, -0.2) is 5.78 Å². The summed E-state index contributed by atoms with van der Waals surface area (Å²) >= 11 is 0. The van der Waals surface area contributed by atoms with Crippen LogP contribution >= 0.6 is 0 Å². The van der Waals surface area contributed by atoms with Crippen LogP contribution in [0.2, 0.25) is 0 Å². The van der Waals surface area contributed by atoms with E-state index in [9.17, 15) is 4.79 Å². The summed E-state index contributed by atoms with van der Waals surface area (Å²) in [4.78, 5) is 10.8. The Kier molecular flexibility index (Phi) is 2.69. The molecule has 0 aromatic rings. The van der Waals surface area contributed by atoms with Gasteiger partial charge in [0.15, 0.2) is 5.78 Å². The lowest BCUT2D eigenvalue weighted by Gasteiger charge is -2.02. The largest absolute Gasteiger partial charge is 0.469 e. The van der Waals surface area contributed by atoms with Gasteiger partial charge in [-0.1, -0.05) is 6.58 Å². The van der Waals surface area contributed by atoms with Gasteiger partial charge in [0.25, 0.3) is 0 Å². The van der Waals surface area contributed by atoms with Gasteiger partial charge in [-0.05, 0) is 26.7 Å². The summed E-state index contributed by atoms with van der Waals surface area (Å²) in [5.74, 6) is 1.36. The van der Waals surface area contributed by atoms with Crippen molar-refractivity contribution in [3.63, 3.8) is 0 Å². The molecule has 0 amide bonds. The predicted octanol–water partition coefficient (Wildman–Crippen LogP) is 2.42. The van der Waals surface area contributed by atoms with Crippen molar-refractivity contribution in [2.24, 2.45) is 5.92 Å². The molecule has 1 aliphatic carbocycles. The number of ketones is 1. The smallest absolute Gasteiger partial charge is 0.158 e. The number of rotatable bonds is 4. The molecule has 0 unspecified atom stereocenters. The third-order valence-electron chi connectivity index (χ3n) is 1.98. The molecule has 2 heteroatoms. The zero-order chi connectivity index (χ0) is 9.14. The van der Waals surface area contributed by atoms with Gasteiger partial charge in [-0.15, -0.1) is 0 Å². The number of hydrogen-bond donors (Lipinski definition) is 0. The first kappa shape index (κ1) is 9.04. The minimum atomic E-state index is 0.0404. The quantitative estimate of drug-likeness (QED) is 0.473. The Balaban J connectivity index is 2.36. The number of hydrogen-bond acceptors (Lipinski definition) is 2. The standard InChI is InChI=1S/C10H14O2/c1-7(8(2)11)6-12-9(3)10-4-5-10/h6,10H,3-5H2,1-2H3/b7-6+. The fourth-order valence-electron chi connectivity index (χ4n) is 0.749. The summed E-state index contributed by atoms with van der Waals surface area (Å²) in [5, 5.41) is 0. The van der Waals surface area contributed by atoms with Gasteiger partial charge in [0.2, 0.25) is 0 Å². The predicted molar refractivity (Wildman–Crippen MR) is 47.4 cm³/mol. The van der Waals surface area contributed by atoms with Gasteiger partial charge in [-0.3, -0.25) is 4.79 Å². The lowest BCUT2D eigenvalue weighted by molar-refractivity contribution is -0.113. The van der Waals surface area contributed by atoms with Crippen LogP contribution in [0.4, 0.5) is 0 Å². The van der Waals surface area contributed by atoms with Gasteiger partial charge in [0.1, 0.15) is 0 Å². The van der Waals surface area contributed by atoms with Crippen LogP contribution in [0.25, 0.3) is 0 Å². The maximum Gasteiger partial charge on any atom is 0.158 e. The van der Waals surface area contributed by atoms with E-state index in [0.717, 1.165) is 5.76 Å². The minimum Gasteiger partial charge on any atom is -0.469 e. The molecule has 0 atom stereocenters. The van der Waals surface area contributed by atoms with Crippen LogP contribution in [-0.2, 0) is 9.53 Å². The van der Waals surface area contributed by atoms with Crippen LogP contribution in [0.1, 0.15) is 26.7 Å². The molecule has 1 rings (SSSR count). The highest BCUT2D eigenvalue weighted by Gasteiger charge is 2.25. The molecule has 0 bridgehead atoms. The first-order chi connectivity index (χ1) is 5.61. The van der Waals surface area contributed by atoms with E-state index in [0.29, 0.717) is 11.5 Å². The second-order valence-corrected chi connectivity index (χ2v) is 3.22. The van der Waals surface area contributed by atoms with Gasteiger partial charge in [0, 0.05) is 11.5 Å². The SMILES string of the molecule is C=C(O/C=C(\C)C(C)=O)C1CC1. The van der Waals surface area contributed by atoms with Crippen molar-refractivity contribution in [2.75, 3.05) is 0 Å². The summed E-state index contributed by atoms with van der Waals surface area (Å²) in [7, 11) is 0. The van der Waals surface area contributed by atoms with E-state index in [2.05, 4.69) is 6.58 Å². The fraction of sp³-hybridized carbons (Fsp3) is 0.500. The van der Waals surface area contributed by atoms with Crippen molar-refractivity contribution in [1.82, 2.24) is 0 Å². The first-order valence-corrected chi connectivity index (χ1v) is 4.14. The zero-order valence-corrected chi connectivity index (χ0v) is 7.59. The number of Topliss-reactive ketones (excluding diaryl/α,β-unsaturated/α-hetero) is 1. The summed E-state index contributed by atoms with van der Waals surface area (Å²) in [5.41, 5.74) is 0.636. The van der Waals surface area contributed by atoms with Crippen molar-refractivity contribution in [3.05, 3.63) is 24.2 Å². The van der Waals surface area contributed by atoms with Crippen LogP contribution in [0, 0.1) is 5.92 Å². The minimum absolute atomic E-state index is 0.0404. The molecule has 0 saturated heterocycles. The Labute approximate surface area is 72.9 Å². The second kappa shape index (κ2) is 3.57. The Morgan fingerprint density at radius 2 is 2.08 bits per heavy atom. The van der Waals surface area contributed by atoms with Gasteiger partial charge < -0.3 is 4.74 Å². The van der Waals surface area contributed by atoms with Gasteiger partial charge in [-0.2, -0.15) is 0 Å². The number of carbonyl (C=O) groups excluding carboxylic acids is 1. The zero-order valence-electron chi connectivity index (χ0n) is 7.59. The van der Waals surface area contributed by atoms with Gasteiger partial charge in [0.05, 0.1) is 12.0 Å². The molecule has 0 aliphatic heterocycles. The maximum atomic E-state index is 10.8. The summed E-state index contributed by atoms with van der Waals surface area (Å²) < 4.78 is 5.21. The summed E-state index contributed by atoms with van der Waals surface area (Å²) in [6, 6.07) is 0. The third kappa shape index (κ3) is 2.53. The third-order valence-corrected chi connectivity index (χ3v) is 1.98. The van der Waals surface area contributed by atoms with Crippen molar-refractivity contribution in [2.45, 2.75) is 26.7 Å². The van der Waals surface area contributed by atoms with Crippen molar-refractivity contribution >= 4 is 5.78 Å². The average Bonchev–Trinajstić information content (AvgIpc) is 2.81. The van der Waals surface area contributed by atoms with Crippen LogP contribution in [0.5, 0.6) is 0 Å². The van der Waals surface area contributed by atoms with E-state index in [1.54, 1.807) is 6.92 Å². The highest BCUT2D eigenvalue weighted by atomic mass is 16.5. The lowest BCUT2D eigenvalue weighted by atomic mass is 10.2. The number of allylic oxidation sites excluding steroid dienone is 2. The highest BCUT2D eigenvalue weighted by Crippen LogP contribution is 2.36. The Morgan fingerprint density at radius 3 is 2.50 bits per heavy atom. The molecule has 2 nitrogen and oxygen atoms in total. The van der Waals surface area contributed by atoms with Crippen LogP contribution < -0.4 is 0 Å². The van der Waals surface area contributed by atoms with Gasteiger partial charge in [-0.25, -0.2) is 0 Å². The molecule has 0 spiro atoms. The molecule has 0 heterocycles. The van der Waals surface area contributed by atoms with Crippen LogP contribution in [0.3, 0.4) is 0 Å². The molecule has 0 radical (unpaired) electrons. The van der Waals surface area contributed by atoms with E-state index < -0.39 is 0 Å². The van der Waals surface area contributed by atoms with E-state index in [1.807, 2.05) is 0 Å². The van der Waals surface area contributed by atoms with E-state index in [1.165, 1.54) is 26.0 Å². The molecule has 0 aromatic heterocycles. The molecular weight excluding hydrogens is 152 g/mol. The fourth-order valence-corrected chi connectivity index (χ4v) is 0.749. The van der Waals surface area contributed by atoms with Gasteiger partial charge >= 0.3 is 0 Å². The first-order valence-electron chi connectivity index (χ1n) is 4.14. The van der Waals surface area contributed by atoms with Crippen molar-refractivity contribution in [3.8, 4) is 0 Å². The Morgan fingerprint density at radius 1 is 1.50 bits per heavy atom. The topological polar surface area (TPSA) is 26.3 Å². The molecule has 0 aromatic carbocycles. The van der Waals surface area contributed by atoms with E-state index >= 15 is 0 Å². The monoisotopic (exact) mass is 166 g/mol. The second-order valence-electron chi connectivity index (χ2n) is 3.22. The van der Waals surface area contributed by atoms with E-state index in [-0.39, 0.29) is 5.78 Å². The number of ether oxygens (including phenoxy) is 1. The normalized spacial score (nSPS) is 17.3. The molecule has 12 heavy (non-hydrogen) atoms. The molecule has 1 fully saturated rings.